The van der Waals surface area contributed by atoms with Crippen LogP contribution in [0.4, 0.5) is 5.82 Å². The van der Waals surface area contributed by atoms with Crippen LogP contribution in [0.1, 0.15) is 11.6 Å². The van der Waals surface area contributed by atoms with E-state index in [0.29, 0.717) is 17.3 Å². The van der Waals surface area contributed by atoms with E-state index in [0.717, 1.165) is 22.4 Å². The van der Waals surface area contributed by atoms with Crippen molar-refractivity contribution in [2.45, 2.75) is 13.8 Å². The summed E-state index contributed by atoms with van der Waals surface area (Å²) in [5, 5.41) is 8.06. The lowest BCUT2D eigenvalue weighted by Crippen LogP contribution is -2.02. The first-order valence-corrected chi connectivity index (χ1v) is 5.96. The molecular formula is C13H14N6. The van der Waals surface area contributed by atoms with Crippen LogP contribution in [0.25, 0.3) is 22.3 Å². The van der Waals surface area contributed by atoms with Gasteiger partial charge in [0.1, 0.15) is 17.3 Å². The van der Waals surface area contributed by atoms with E-state index in [9.17, 15) is 0 Å². The van der Waals surface area contributed by atoms with Gasteiger partial charge < -0.3 is 10.3 Å². The van der Waals surface area contributed by atoms with Crippen molar-refractivity contribution in [2.24, 2.45) is 7.05 Å². The Kier molecular flexibility index (Phi) is 2.45. The molecule has 6 heteroatoms. The Morgan fingerprint density at radius 1 is 1.11 bits per heavy atom. The number of fused-ring (bicyclic) bond motifs is 1. The molecule has 0 aliphatic heterocycles. The summed E-state index contributed by atoms with van der Waals surface area (Å²) in [4.78, 5) is 8.63. The number of nitrogens with zero attached hydrogens (tertiary/aromatic N) is 5. The smallest absolute Gasteiger partial charge is 0.154 e. The van der Waals surface area contributed by atoms with E-state index in [1.807, 2.05) is 36.7 Å². The first kappa shape index (κ1) is 11.6. The molecule has 0 bridgehead atoms. The molecule has 0 atom stereocenters. The van der Waals surface area contributed by atoms with Crippen LogP contribution >= 0.6 is 0 Å². The topological polar surface area (TPSA) is 82.5 Å². The highest BCUT2D eigenvalue weighted by Gasteiger charge is 2.10. The number of imidazole rings is 1. The lowest BCUT2D eigenvalue weighted by Gasteiger charge is -2.04. The van der Waals surface area contributed by atoms with Crippen molar-refractivity contribution in [3.63, 3.8) is 0 Å². The zero-order valence-electron chi connectivity index (χ0n) is 11.0. The van der Waals surface area contributed by atoms with Crippen LogP contribution in [0.2, 0.25) is 0 Å². The van der Waals surface area contributed by atoms with Crippen LogP contribution < -0.4 is 5.73 Å². The van der Waals surface area contributed by atoms with Crippen molar-refractivity contribution in [1.29, 1.82) is 0 Å². The number of benzene rings is 1. The number of rotatable bonds is 1. The number of aromatic nitrogens is 5. The molecule has 96 valence electrons. The first-order chi connectivity index (χ1) is 9.06. The number of hydrogen-bond donors (Lipinski definition) is 1. The zero-order valence-corrected chi connectivity index (χ0v) is 11.0. The molecular weight excluding hydrogens is 240 g/mol. The molecule has 1 aromatic carbocycles. The summed E-state index contributed by atoms with van der Waals surface area (Å²) in [7, 11) is 1.99. The second kappa shape index (κ2) is 4.01. The molecule has 3 rings (SSSR count). The van der Waals surface area contributed by atoms with Crippen molar-refractivity contribution < 1.29 is 0 Å². The number of aryl methyl sites for hydroxylation is 3. The van der Waals surface area contributed by atoms with E-state index in [2.05, 4.69) is 20.2 Å². The highest BCUT2D eigenvalue weighted by molar-refractivity contribution is 5.83. The summed E-state index contributed by atoms with van der Waals surface area (Å²) in [6.45, 7) is 3.74. The van der Waals surface area contributed by atoms with Crippen LogP contribution in [0.5, 0.6) is 0 Å². The normalized spacial score (nSPS) is 11.1. The maximum atomic E-state index is 5.89. The number of nitrogens with two attached hydrogens (primary N) is 1. The maximum Gasteiger partial charge on any atom is 0.154 e. The molecule has 0 saturated heterocycles. The van der Waals surface area contributed by atoms with Crippen LogP contribution in [-0.4, -0.2) is 24.7 Å². The maximum absolute atomic E-state index is 5.89. The Labute approximate surface area is 110 Å². The van der Waals surface area contributed by atoms with Gasteiger partial charge in [0.2, 0.25) is 0 Å². The third-order valence-electron chi connectivity index (χ3n) is 3.20. The average molecular weight is 254 g/mol. The minimum absolute atomic E-state index is 0.388. The highest BCUT2D eigenvalue weighted by atomic mass is 15.2. The predicted octanol–water partition coefficient (Wildman–Crippen LogP) is 1.62. The summed E-state index contributed by atoms with van der Waals surface area (Å²) in [6, 6.07) is 5.92. The van der Waals surface area contributed by atoms with Crippen LogP contribution in [-0.2, 0) is 7.05 Å². The lowest BCUT2D eigenvalue weighted by molar-refractivity contribution is 0.886. The summed E-state index contributed by atoms with van der Waals surface area (Å²) >= 11 is 0. The minimum atomic E-state index is 0.388. The molecule has 0 spiro atoms. The monoisotopic (exact) mass is 254 g/mol. The van der Waals surface area contributed by atoms with Gasteiger partial charge in [-0.1, -0.05) is 6.07 Å². The van der Waals surface area contributed by atoms with Gasteiger partial charge in [-0.15, -0.1) is 10.2 Å². The molecule has 0 saturated carbocycles. The van der Waals surface area contributed by atoms with Gasteiger partial charge in [-0.05, 0) is 26.0 Å². The predicted molar refractivity (Wildman–Crippen MR) is 73.4 cm³/mol. The summed E-state index contributed by atoms with van der Waals surface area (Å²) in [6.07, 6.45) is 0. The Balaban J connectivity index is 2.20. The van der Waals surface area contributed by atoms with E-state index in [4.69, 9.17) is 5.73 Å². The minimum Gasteiger partial charge on any atom is -0.382 e. The van der Waals surface area contributed by atoms with Gasteiger partial charge in [0.15, 0.2) is 5.82 Å². The van der Waals surface area contributed by atoms with Crippen LogP contribution in [0.3, 0.4) is 0 Å². The van der Waals surface area contributed by atoms with Crippen molar-refractivity contribution in [1.82, 2.24) is 24.7 Å². The zero-order chi connectivity index (χ0) is 13.6. The number of nitrogen functional groups attached to an aromatic ring is 1. The van der Waals surface area contributed by atoms with E-state index in [-0.39, 0.29) is 0 Å². The fourth-order valence-electron chi connectivity index (χ4n) is 2.10. The van der Waals surface area contributed by atoms with Gasteiger partial charge in [0, 0.05) is 12.6 Å². The molecule has 0 amide bonds. The molecule has 2 N–H and O–H groups in total. The molecule has 2 heterocycles. The molecule has 3 aromatic rings. The third-order valence-corrected chi connectivity index (χ3v) is 3.20. The largest absolute Gasteiger partial charge is 0.382 e. The molecule has 19 heavy (non-hydrogen) atoms. The average Bonchev–Trinajstić information content (AvgIpc) is 2.64. The first-order valence-electron chi connectivity index (χ1n) is 5.96. The van der Waals surface area contributed by atoms with Crippen LogP contribution in [0, 0.1) is 13.8 Å². The Morgan fingerprint density at radius 2 is 1.89 bits per heavy atom. The molecule has 0 aliphatic carbocycles. The van der Waals surface area contributed by atoms with Crippen molar-refractivity contribution in [3.05, 3.63) is 29.8 Å². The summed E-state index contributed by atoms with van der Waals surface area (Å²) in [5.74, 6) is 1.92. The van der Waals surface area contributed by atoms with E-state index < -0.39 is 0 Å². The van der Waals surface area contributed by atoms with E-state index in [1.54, 1.807) is 6.92 Å². The second-order valence-electron chi connectivity index (χ2n) is 4.51. The van der Waals surface area contributed by atoms with Crippen molar-refractivity contribution in [2.75, 3.05) is 5.73 Å². The third kappa shape index (κ3) is 1.81. The van der Waals surface area contributed by atoms with Gasteiger partial charge in [0.05, 0.1) is 11.0 Å². The van der Waals surface area contributed by atoms with Crippen molar-refractivity contribution >= 4 is 16.9 Å². The van der Waals surface area contributed by atoms with Gasteiger partial charge >= 0.3 is 0 Å². The van der Waals surface area contributed by atoms with Crippen molar-refractivity contribution in [3.8, 4) is 11.3 Å². The van der Waals surface area contributed by atoms with Gasteiger partial charge in [-0.2, -0.15) is 0 Å². The quantitative estimate of drug-likeness (QED) is 0.713. The van der Waals surface area contributed by atoms with E-state index in [1.165, 1.54) is 0 Å². The standard InChI is InChI=1S/C13H14N6/c1-7-15-13(14)12(18-17-7)9-4-5-11-10(6-9)16-8(2)19(11)3/h4-6H,1-3H3,(H2,14,15,17). The Hall–Kier alpha value is -2.50. The molecule has 2 aromatic heterocycles. The van der Waals surface area contributed by atoms with Gasteiger partial charge in [-0.3, -0.25) is 0 Å². The fourth-order valence-corrected chi connectivity index (χ4v) is 2.10. The Morgan fingerprint density at radius 3 is 2.63 bits per heavy atom. The van der Waals surface area contributed by atoms with Gasteiger partial charge in [-0.25, -0.2) is 9.97 Å². The second-order valence-corrected chi connectivity index (χ2v) is 4.51. The molecule has 0 radical (unpaired) electrons. The fraction of sp³-hybridized carbons (Fsp3) is 0.231. The number of anilines is 1. The Bertz CT molecular complexity index is 774. The molecule has 6 nitrogen and oxygen atoms in total. The molecule has 0 unspecified atom stereocenters. The SMILES string of the molecule is Cc1nnc(-c2ccc3c(c2)nc(C)n3C)c(N)n1. The summed E-state index contributed by atoms with van der Waals surface area (Å²) < 4.78 is 2.04. The van der Waals surface area contributed by atoms with Crippen LogP contribution in [0.15, 0.2) is 18.2 Å². The summed E-state index contributed by atoms with van der Waals surface area (Å²) in [5.41, 5.74) is 9.36. The number of hydrogen-bond acceptors (Lipinski definition) is 5. The van der Waals surface area contributed by atoms with E-state index >= 15 is 0 Å². The highest BCUT2D eigenvalue weighted by Crippen LogP contribution is 2.25. The molecule has 0 fully saturated rings. The van der Waals surface area contributed by atoms with Gasteiger partial charge in [0.25, 0.3) is 0 Å². The lowest BCUT2D eigenvalue weighted by atomic mass is 10.1. The molecule has 0 aliphatic rings.